The van der Waals surface area contributed by atoms with Crippen LogP contribution in [0.2, 0.25) is 10.0 Å². The summed E-state index contributed by atoms with van der Waals surface area (Å²) in [5.74, 6) is -0.929. The Kier molecular flexibility index (Phi) is 6.80. The number of nitrogens with zero attached hydrogens (tertiary/aromatic N) is 1. The number of hydrogen-bond donors (Lipinski definition) is 1. The van der Waals surface area contributed by atoms with Crippen molar-refractivity contribution in [3.63, 3.8) is 0 Å². The summed E-state index contributed by atoms with van der Waals surface area (Å²) in [6.45, 7) is 4.81. The Hall–Kier alpha value is -2.83. The molecule has 1 heterocycles. The number of aryl methyl sites for hydroxylation is 2. The maximum atomic E-state index is 12.2. The van der Waals surface area contributed by atoms with Gasteiger partial charge in [-0.25, -0.2) is 9.78 Å². The van der Waals surface area contributed by atoms with E-state index < -0.39 is 24.6 Å². The van der Waals surface area contributed by atoms with Crippen molar-refractivity contribution in [3.8, 4) is 5.75 Å². The van der Waals surface area contributed by atoms with Gasteiger partial charge >= 0.3 is 5.97 Å². The number of benzene rings is 2. The number of aromatic nitrogens is 1. The molecule has 3 rings (SSSR count). The molecule has 1 aromatic heterocycles. The topological polar surface area (TPSA) is 77.5 Å². The van der Waals surface area contributed by atoms with Gasteiger partial charge in [0.1, 0.15) is 5.52 Å². The van der Waals surface area contributed by atoms with E-state index in [0.717, 1.165) is 11.3 Å². The van der Waals surface area contributed by atoms with Crippen molar-refractivity contribution in [1.82, 2.24) is 4.98 Å². The maximum Gasteiger partial charge on any atom is 0.344 e. The van der Waals surface area contributed by atoms with E-state index in [-0.39, 0.29) is 10.8 Å². The molecule has 30 heavy (non-hydrogen) atoms. The number of carbonyl (C=O) groups is 2. The lowest BCUT2D eigenvalue weighted by atomic mass is 10.2. The lowest BCUT2D eigenvalue weighted by Gasteiger charge is -2.15. The van der Waals surface area contributed by atoms with E-state index in [9.17, 15) is 9.59 Å². The summed E-state index contributed by atoms with van der Waals surface area (Å²) in [5, 5.41) is 4.00. The fourth-order valence-electron chi connectivity index (χ4n) is 2.72. The number of hydrogen-bond acceptors (Lipinski definition) is 5. The molecule has 8 heteroatoms. The van der Waals surface area contributed by atoms with Gasteiger partial charge in [0.15, 0.2) is 18.5 Å². The summed E-state index contributed by atoms with van der Waals surface area (Å²) in [6.07, 6.45) is -1.000. The highest BCUT2D eigenvalue weighted by Crippen LogP contribution is 2.37. The predicted molar refractivity (Wildman–Crippen MR) is 117 cm³/mol. The summed E-state index contributed by atoms with van der Waals surface area (Å²) < 4.78 is 10.7. The summed E-state index contributed by atoms with van der Waals surface area (Å²) in [5.41, 5.74) is 2.88. The van der Waals surface area contributed by atoms with Crippen molar-refractivity contribution < 1.29 is 19.1 Å². The minimum absolute atomic E-state index is 0.226. The first-order valence-corrected chi connectivity index (χ1v) is 9.95. The van der Waals surface area contributed by atoms with E-state index in [4.69, 9.17) is 32.7 Å². The van der Waals surface area contributed by atoms with E-state index in [1.165, 1.54) is 13.0 Å². The normalized spacial score (nSPS) is 11.8. The van der Waals surface area contributed by atoms with E-state index in [1.54, 1.807) is 18.2 Å². The van der Waals surface area contributed by atoms with Crippen LogP contribution in [-0.2, 0) is 14.3 Å². The number of amides is 1. The van der Waals surface area contributed by atoms with Crippen LogP contribution in [0.5, 0.6) is 5.75 Å². The Labute approximate surface area is 184 Å². The zero-order chi connectivity index (χ0) is 21.8. The highest BCUT2D eigenvalue weighted by molar-refractivity contribution is 6.39. The number of pyridine rings is 1. The van der Waals surface area contributed by atoms with Crippen molar-refractivity contribution in [1.29, 1.82) is 0 Å². The third-order valence-corrected chi connectivity index (χ3v) is 4.90. The fraction of sp³-hybridized carbons (Fsp3) is 0.227. The van der Waals surface area contributed by atoms with E-state index in [2.05, 4.69) is 10.3 Å². The Balaban J connectivity index is 1.63. The average molecular weight is 447 g/mol. The zero-order valence-corrected chi connectivity index (χ0v) is 18.2. The van der Waals surface area contributed by atoms with Gasteiger partial charge in [-0.15, -0.1) is 0 Å². The van der Waals surface area contributed by atoms with Crippen LogP contribution in [0.1, 0.15) is 18.2 Å². The molecular weight excluding hydrogens is 427 g/mol. The van der Waals surface area contributed by atoms with Crippen LogP contribution in [0.25, 0.3) is 10.9 Å². The van der Waals surface area contributed by atoms with Crippen molar-refractivity contribution in [2.24, 2.45) is 0 Å². The zero-order valence-electron chi connectivity index (χ0n) is 16.7. The lowest BCUT2D eigenvalue weighted by molar-refractivity contribution is -0.155. The third kappa shape index (κ3) is 5.20. The number of ether oxygens (including phenoxy) is 2. The Morgan fingerprint density at radius 2 is 1.77 bits per heavy atom. The van der Waals surface area contributed by atoms with Crippen molar-refractivity contribution in [2.75, 3.05) is 11.9 Å². The molecule has 0 aliphatic carbocycles. The summed E-state index contributed by atoms with van der Waals surface area (Å²) in [4.78, 5) is 28.8. The second kappa shape index (κ2) is 9.32. The maximum absolute atomic E-state index is 12.2. The van der Waals surface area contributed by atoms with Crippen LogP contribution < -0.4 is 10.1 Å². The summed E-state index contributed by atoms with van der Waals surface area (Å²) in [7, 11) is 0. The van der Waals surface area contributed by atoms with Gasteiger partial charge in [-0.1, -0.05) is 40.9 Å². The molecule has 1 atom stereocenters. The molecule has 0 bridgehead atoms. The van der Waals surface area contributed by atoms with Crippen molar-refractivity contribution >= 4 is 51.7 Å². The molecule has 1 amide bonds. The molecule has 156 valence electrons. The van der Waals surface area contributed by atoms with Crippen LogP contribution in [0.3, 0.4) is 0 Å². The lowest BCUT2D eigenvalue weighted by Crippen LogP contribution is -2.31. The molecule has 0 saturated heterocycles. The van der Waals surface area contributed by atoms with Crippen LogP contribution in [0.15, 0.2) is 42.5 Å². The van der Waals surface area contributed by atoms with Gasteiger partial charge in [-0.05, 0) is 51.1 Å². The molecule has 2 aromatic carbocycles. The smallest absolute Gasteiger partial charge is 0.344 e. The number of halogens is 2. The van der Waals surface area contributed by atoms with Gasteiger partial charge in [0.2, 0.25) is 0 Å². The Morgan fingerprint density at radius 3 is 2.47 bits per heavy atom. The minimum atomic E-state index is -1.000. The van der Waals surface area contributed by atoms with Gasteiger partial charge in [-0.2, -0.15) is 0 Å². The number of esters is 1. The monoisotopic (exact) mass is 446 g/mol. The number of fused-ring (bicyclic) bond motifs is 1. The van der Waals surface area contributed by atoms with E-state index in [0.29, 0.717) is 21.6 Å². The first-order valence-electron chi connectivity index (χ1n) is 9.20. The number of carbonyl (C=O) groups excluding carboxylic acids is 2. The summed E-state index contributed by atoms with van der Waals surface area (Å²) in [6, 6.07) is 12.4. The van der Waals surface area contributed by atoms with Gasteiger partial charge < -0.3 is 14.8 Å². The molecule has 0 spiro atoms. The molecule has 1 unspecified atom stereocenters. The molecule has 1 N–H and O–H groups in total. The first kappa shape index (κ1) is 21.9. The standard InChI is InChI=1S/C22H20Cl2N2O4/c1-12-4-7-15(8-5-12)26-22(28)14(3)30-19(27)11-29-21-18(24)10-17(23)16-9-6-13(2)25-20(16)21/h4-10,14H,11H2,1-3H3,(H,26,28). The van der Waals surface area contributed by atoms with Crippen LogP contribution in [0, 0.1) is 13.8 Å². The largest absolute Gasteiger partial charge is 0.478 e. The van der Waals surface area contributed by atoms with Crippen LogP contribution in [0.4, 0.5) is 5.69 Å². The van der Waals surface area contributed by atoms with Gasteiger partial charge in [0.05, 0.1) is 10.0 Å². The van der Waals surface area contributed by atoms with Crippen LogP contribution in [-0.4, -0.2) is 29.6 Å². The highest BCUT2D eigenvalue weighted by Gasteiger charge is 2.20. The predicted octanol–water partition coefficient (Wildman–Crippen LogP) is 5.11. The highest BCUT2D eigenvalue weighted by atomic mass is 35.5. The molecule has 0 fully saturated rings. The second-order valence-electron chi connectivity index (χ2n) is 6.79. The third-order valence-electron chi connectivity index (χ3n) is 4.31. The minimum Gasteiger partial charge on any atom is -0.478 e. The fourth-order valence-corrected chi connectivity index (χ4v) is 3.29. The van der Waals surface area contributed by atoms with Crippen LogP contribution >= 0.6 is 23.2 Å². The summed E-state index contributed by atoms with van der Waals surface area (Å²) >= 11 is 12.4. The average Bonchev–Trinajstić information content (AvgIpc) is 2.69. The molecule has 0 radical (unpaired) electrons. The van der Waals surface area contributed by atoms with Crippen molar-refractivity contribution in [3.05, 3.63) is 63.8 Å². The molecule has 3 aromatic rings. The molecular formula is C22H20Cl2N2O4. The number of nitrogens with one attached hydrogen (secondary N) is 1. The molecule has 0 aliphatic rings. The van der Waals surface area contributed by atoms with Gasteiger partial charge in [0.25, 0.3) is 5.91 Å². The number of anilines is 1. The molecule has 0 saturated carbocycles. The Bertz CT molecular complexity index is 1100. The first-order chi connectivity index (χ1) is 14.2. The van der Waals surface area contributed by atoms with Crippen molar-refractivity contribution in [2.45, 2.75) is 26.9 Å². The quantitative estimate of drug-likeness (QED) is 0.532. The Morgan fingerprint density at radius 1 is 1.07 bits per heavy atom. The SMILES string of the molecule is Cc1ccc(NC(=O)C(C)OC(=O)COc2c(Cl)cc(Cl)c3ccc(C)nc23)cc1. The second-order valence-corrected chi connectivity index (χ2v) is 7.61. The molecule has 6 nitrogen and oxygen atoms in total. The van der Waals surface area contributed by atoms with Gasteiger partial charge in [0, 0.05) is 16.8 Å². The number of rotatable bonds is 6. The molecule has 0 aliphatic heterocycles. The van der Waals surface area contributed by atoms with Gasteiger partial charge in [-0.3, -0.25) is 4.79 Å². The van der Waals surface area contributed by atoms with E-state index in [1.807, 2.05) is 32.0 Å². The van der Waals surface area contributed by atoms with E-state index >= 15 is 0 Å².